The lowest BCUT2D eigenvalue weighted by atomic mass is 10.0. The zero-order valence-electron chi connectivity index (χ0n) is 12.6. The van der Waals surface area contributed by atoms with E-state index >= 15 is 0 Å². The summed E-state index contributed by atoms with van der Waals surface area (Å²) in [4.78, 5) is 0. The number of benzene rings is 1. The molecule has 1 atom stereocenters. The van der Waals surface area contributed by atoms with Gasteiger partial charge in [-0.3, -0.25) is 0 Å². The first-order chi connectivity index (χ1) is 9.14. The number of ether oxygens (including phenoxy) is 2. The van der Waals surface area contributed by atoms with Gasteiger partial charge in [0.1, 0.15) is 0 Å². The van der Waals surface area contributed by atoms with Gasteiger partial charge in [-0.2, -0.15) is 0 Å². The van der Waals surface area contributed by atoms with E-state index in [2.05, 4.69) is 32.9 Å². The van der Waals surface area contributed by atoms with Crippen LogP contribution in [-0.2, 0) is 6.42 Å². The minimum Gasteiger partial charge on any atom is -0.493 e. The zero-order chi connectivity index (χ0) is 14.3. The molecule has 0 bridgehead atoms. The van der Waals surface area contributed by atoms with E-state index in [0.717, 1.165) is 37.2 Å². The highest BCUT2D eigenvalue weighted by atomic mass is 16.5. The summed E-state index contributed by atoms with van der Waals surface area (Å²) in [5.74, 6) is 1.62. The van der Waals surface area contributed by atoms with Gasteiger partial charge >= 0.3 is 0 Å². The van der Waals surface area contributed by atoms with Crippen molar-refractivity contribution in [3.63, 3.8) is 0 Å². The first kappa shape index (κ1) is 15.8. The summed E-state index contributed by atoms with van der Waals surface area (Å²) in [5.41, 5.74) is 7.21. The van der Waals surface area contributed by atoms with E-state index < -0.39 is 0 Å². The van der Waals surface area contributed by atoms with Crippen molar-refractivity contribution in [3.05, 3.63) is 23.8 Å². The van der Waals surface area contributed by atoms with E-state index in [1.165, 1.54) is 5.56 Å². The van der Waals surface area contributed by atoms with Crippen LogP contribution >= 0.6 is 0 Å². The lowest BCUT2D eigenvalue weighted by Gasteiger charge is -2.19. The van der Waals surface area contributed by atoms with E-state index in [1.807, 2.05) is 6.07 Å². The molecule has 2 N–H and O–H groups in total. The van der Waals surface area contributed by atoms with Crippen LogP contribution in [0.1, 0.15) is 45.6 Å². The van der Waals surface area contributed by atoms with Crippen LogP contribution in [-0.4, -0.2) is 19.3 Å². The van der Waals surface area contributed by atoms with E-state index in [4.69, 9.17) is 15.2 Å². The van der Waals surface area contributed by atoms with Crippen molar-refractivity contribution < 1.29 is 9.47 Å². The van der Waals surface area contributed by atoms with Gasteiger partial charge in [0.25, 0.3) is 0 Å². The Hall–Kier alpha value is -1.22. The number of hydrogen-bond acceptors (Lipinski definition) is 3. The second-order valence-electron chi connectivity index (χ2n) is 4.91. The van der Waals surface area contributed by atoms with Crippen molar-refractivity contribution >= 4 is 0 Å². The minimum atomic E-state index is 0.203. The van der Waals surface area contributed by atoms with Crippen molar-refractivity contribution in [2.45, 2.75) is 58.6 Å². The van der Waals surface area contributed by atoms with E-state index in [-0.39, 0.29) is 12.1 Å². The molecule has 19 heavy (non-hydrogen) atoms. The molecule has 0 aliphatic heterocycles. The molecule has 0 saturated carbocycles. The van der Waals surface area contributed by atoms with Gasteiger partial charge in [0.15, 0.2) is 11.5 Å². The van der Waals surface area contributed by atoms with Crippen molar-refractivity contribution in [3.8, 4) is 11.5 Å². The topological polar surface area (TPSA) is 44.5 Å². The average Bonchev–Trinajstić information content (AvgIpc) is 2.44. The maximum atomic E-state index is 6.02. The molecule has 3 nitrogen and oxygen atoms in total. The third-order valence-electron chi connectivity index (χ3n) is 3.45. The van der Waals surface area contributed by atoms with Crippen LogP contribution in [0.3, 0.4) is 0 Å². The molecule has 3 heteroatoms. The smallest absolute Gasteiger partial charge is 0.161 e. The molecule has 0 amide bonds. The predicted molar refractivity (Wildman–Crippen MR) is 80.0 cm³/mol. The summed E-state index contributed by atoms with van der Waals surface area (Å²) in [6, 6.07) is 6.30. The molecule has 0 aliphatic rings. The number of hydrogen-bond donors (Lipinski definition) is 1. The van der Waals surface area contributed by atoms with Crippen LogP contribution in [0, 0.1) is 0 Å². The highest BCUT2D eigenvalue weighted by Gasteiger charge is 2.12. The number of rotatable bonds is 8. The normalized spacial score (nSPS) is 12.5. The van der Waals surface area contributed by atoms with Gasteiger partial charge < -0.3 is 15.2 Å². The first-order valence-electron chi connectivity index (χ1n) is 7.23. The van der Waals surface area contributed by atoms with Crippen molar-refractivity contribution in [2.24, 2.45) is 5.73 Å². The Morgan fingerprint density at radius 1 is 1.05 bits per heavy atom. The van der Waals surface area contributed by atoms with Crippen LogP contribution in [0.4, 0.5) is 0 Å². The first-order valence-corrected chi connectivity index (χ1v) is 7.23. The quantitative estimate of drug-likeness (QED) is 0.782. The standard InChI is InChI=1S/C16H27NO2/c1-5-13(17)10-12-8-9-15(18-4)16(11-12)19-14(6-2)7-3/h8-9,11,13-14H,5-7,10,17H2,1-4H3. The third kappa shape index (κ3) is 4.75. The highest BCUT2D eigenvalue weighted by Crippen LogP contribution is 2.30. The monoisotopic (exact) mass is 265 g/mol. The van der Waals surface area contributed by atoms with Gasteiger partial charge in [0, 0.05) is 6.04 Å². The molecule has 0 spiro atoms. The molecule has 0 heterocycles. The Morgan fingerprint density at radius 2 is 1.74 bits per heavy atom. The number of methoxy groups -OCH3 is 1. The van der Waals surface area contributed by atoms with Crippen molar-refractivity contribution in [1.29, 1.82) is 0 Å². The van der Waals surface area contributed by atoms with E-state index in [9.17, 15) is 0 Å². The fourth-order valence-electron chi connectivity index (χ4n) is 2.02. The molecule has 0 aromatic heterocycles. The average molecular weight is 265 g/mol. The second kappa shape index (κ2) is 8.05. The lowest BCUT2D eigenvalue weighted by Crippen LogP contribution is -2.21. The summed E-state index contributed by atoms with van der Waals surface area (Å²) in [7, 11) is 1.67. The summed E-state index contributed by atoms with van der Waals surface area (Å²) in [6.45, 7) is 6.38. The highest BCUT2D eigenvalue weighted by molar-refractivity contribution is 5.43. The fraction of sp³-hybridized carbons (Fsp3) is 0.625. The Labute approximate surface area is 117 Å². The molecule has 1 rings (SSSR count). The van der Waals surface area contributed by atoms with Gasteiger partial charge in [-0.15, -0.1) is 0 Å². The van der Waals surface area contributed by atoms with E-state index in [0.29, 0.717) is 0 Å². The largest absolute Gasteiger partial charge is 0.493 e. The lowest BCUT2D eigenvalue weighted by molar-refractivity contribution is 0.185. The summed E-state index contributed by atoms with van der Waals surface area (Å²) >= 11 is 0. The van der Waals surface area contributed by atoms with Gasteiger partial charge in [0.2, 0.25) is 0 Å². The van der Waals surface area contributed by atoms with E-state index in [1.54, 1.807) is 7.11 Å². The number of nitrogens with two attached hydrogens (primary N) is 1. The van der Waals surface area contributed by atoms with Gasteiger partial charge in [-0.05, 0) is 43.4 Å². The SMILES string of the molecule is CCC(N)Cc1ccc(OC)c(OC(CC)CC)c1. The molecule has 1 aromatic carbocycles. The summed E-state index contributed by atoms with van der Waals surface area (Å²) < 4.78 is 11.4. The molecule has 0 radical (unpaired) electrons. The Morgan fingerprint density at radius 3 is 2.26 bits per heavy atom. The van der Waals surface area contributed by atoms with Gasteiger partial charge in [-0.25, -0.2) is 0 Å². The summed E-state index contributed by atoms with van der Waals surface area (Å²) in [5, 5.41) is 0. The van der Waals surface area contributed by atoms with Gasteiger partial charge in [-0.1, -0.05) is 26.8 Å². The Kier molecular flexibility index (Phi) is 6.71. The van der Waals surface area contributed by atoms with Crippen LogP contribution in [0.25, 0.3) is 0 Å². The zero-order valence-corrected chi connectivity index (χ0v) is 12.6. The fourth-order valence-corrected chi connectivity index (χ4v) is 2.02. The van der Waals surface area contributed by atoms with Gasteiger partial charge in [0.05, 0.1) is 13.2 Å². The molecule has 108 valence electrons. The molecule has 0 aliphatic carbocycles. The molecular weight excluding hydrogens is 238 g/mol. The third-order valence-corrected chi connectivity index (χ3v) is 3.45. The molecule has 1 aromatic rings. The molecular formula is C16H27NO2. The van der Waals surface area contributed by atoms with Crippen LogP contribution in [0.2, 0.25) is 0 Å². The van der Waals surface area contributed by atoms with Crippen molar-refractivity contribution in [2.75, 3.05) is 7.11 Å². The maximum absolute atomic E-state index is 6.02. The van der Waals surface area contributed by atoms with Crippen LogP contribution < -0.4 is 15.2 Å². The van der Waals surface area contributed by atoms with Crippen molar-refractivity contribution in [1.82, 2.24) is 0 Å². The Balaban J connectivity index is 2.89. The predicted octanol–water partition coefficient (Wildman–Crippen LogP) is 3.54. The Bertz CT molecular complexity index is 375. The molecule has 0 saturated heterocycles. The molecule has 0 fully saturated rings. The minimum absolute atomic E-state index is 0.203. The maximum Gasteiger partial charge on any atom is 0.161 e. The molecule has 1 unspecified atom stereocenters. The van der Waals surface area contributed by atoms with Crippen LogP contribution in [0.5, 0.6) is 11.5 Å². The second-order valence-corrected chi connectivity index (χ2v) is 4.91. The summed E-state index contributed by atoms with van der Waals surface area (Å²) in [6.07, 6.45) is 4.09. The van der Waals surface area contributed by atoms with Crippen LogP contribution in [0.15, 0.2) is 18.2 Å².